The largest absolute Gasteiger partial charge is 0.417 e. The second-order valence-electron chi connectivity index (χ2n) is 6.29. The van der Waals surface area contributed by atoms with Crippen LogP contribution in [0.2, 0.25) is 0 Å². The van der Waals surface area contributed by atoms with Gasteiger partial charge >= 0.3 is 6.18 Å². The fourth-order valence-corrected chi connectivity index (χ4v) is 3.10. The van der Waals surface area contributed by atoms with Gasteiger partial charge in [-0.2, -0.15) is 18.4 Å². The number of rotatable bonds is 2. The van der Waals surface area contributed by atoms with E-state index in [-0.39, 0.29) is 22.5 Å². The summed E-state index contributed by atoms with van der Waals surface area (Å²) in [4.78, 5) is 4.26. The van der Waals surface area contributed by atoms with Crippen LogP contribution in [0.5, 0.6) is 0 Å². The highest BCUT2D eigenvalue weighted by atomic mass is 19.4. The molecule has 0 amide bonds. The van der Waals surface area contributed by atoms with Crippen LogP contribution in [-0.2, 0) is 6.18 Å². The number of nitrogens with two attached hydrogens (primary N) is 1. The van der Waals surface area contributed by atoms with Crippen molar-refractivity contribution in [3.63, 3.8) is 0 Å². The van der Waals surface area contributed by atoms with Gasteiger partial charge in [0.05, 0.1) is 11.3 Å². The van der Waals surface area contributed by atoms with Crippen molar-refractivity contribution in [2.24, 2.45) is 0 Å². The first kappa shape index (κ1) is 18.5. The normalized spacial score (nSPS) is 11.3. The summed E-state index contributed by atoms with van der Waals surface area (Å²) in [5.74, 6) is -0.0954. The fraction of sp³-hybridized carbons (Fsp3) is 0.143. The highest BCUT2D eigenvalue weighted by Gasteiger charge is 2.34. The number of anilines is 1. The summed E-state index contributed by atoms with van der Waals surface area (Å²) in [5.41, 5.74) is 8.22. The number of halogens is 3. The Kier molecular flexibility index (Phi) is 4.63. The molecule has 1 heterocycles. The van der Waals surface area contributed by atoms with Gasteiger partial charge in [-0.3, -0.25) is 0 Å². The van der Waals surface area contributed by atoms with Gasteiger partial charge in [-0.15, -0.1) is 0 Å². The smallest absolute Gasteiger partial charge is 0.383 e. The standard InChI is InChI=1S/C21H16F3N3/c1-12-7-8-14(13(2)9-12)19-10-16(17(11-25)20(26)27-19)15-5-3-4-6-18(15)21(22,23)24/h3-10H,1-2H3,(H2,26,27). The van der Waals surface area contributed by atoms with Crippen molar-refractivity contribution in [2.45, 2.75) is 20.0 Å². The molecule has 0 bridgehead atoms. The number of aromatic nitrogens is 1. The van der Waals surface area contributed by atoms with E-state index in [1.165, 1.54) is 24.3 Å². The fourth-order valence-electron chi connectivity index (χ4n) is 3.10. The van der Waals surface area contributed by atoms with Crippen LogP contribution in [0.1, 0.15) is 22.3 Å². The number of pyridine rings is 1. The van der Waals surface area contributed by atoms with Gasteiger partial charge in [-0.1, -0.05) is 42.0 Å². The third-order valence-electron chi connectivity index (χ3n) is 4.34. The van der Waals surface area contributed by atoms with Gasteiger partial charge in [0.15, 0.2) is 0 Å². The number of nitrogens with zero attached hydrogens (tertiary/aromatic N) is 2. The molecule has 3 aromatic rings. The van der Waals surface area contributed by atoms with E-state index in [4.69, 9.17) is 5.73 Å². The molecule has 0 radical (unpaired) electrons. The minimum Gasteiger partial charge on any atom is -0.383 e. The van der Waals surface area contributed by atoms with E-state index in [0.29, 0.717) is 5.69 Å². The average Bonchev–Trinajstić information content (AvgIpc) is 2.60. The molecule has 2 aromatic carbocycles. The second-order valence-corrected chi connectivity index (χ2v) is 6.29. The molecule has 1 aromatic heterocycles. The average molecular weight is 367 g/mol. The molecule has 0 spiro atoms. The van der Waals surface area contributed by atoms with Gasteiger partial charge < -0.3 is 5.73 Å². The molecule has 0 atom stereocenters. The van der Waals surface area contributed by atoms with Gasteiger partial charge in [-0.25, -0.2) is 4.98 Å². The number of benzene rings is 2. The number of alkyl halides is 3. The lowest BCUT2D eigenvalue weighted by Crippen LogP contribution is -2.08. The molecular formula is C21H16F3N3. The Morgan fingerprint density at radius 2 is 1.67 bits per heavy atom. The minimum absolute atomic E-state index is 0.0692. The van der Waals surface area contributed by atoms with Crippen LogP contribution in [0.4, 0.5) is 19.0 Å². The van der Waals surface area contributed by atoms with Crippen LogP contribution in [0, 0.1) is 25.2 Å². The van der Waals surface area contributed by atoms with Gasteiger partial charge in [0, 0.05) is 11.1 Å². The highest BCUT2D eigenvalue weighted by molar-refractivity contribution is 5.82. The van der Waals surface area contributed by atoms with E-state index in [0.717, 1.165) is 22.8 Å². The monoisotopic (exact) mass is 367 g/mol. The minimum atomic E-state index is -4.55. The Morgan fingerprint density at radius 1 is 0.963 bits per heavy atom. The van der Waals surface area contributed by atoms with Crippen LogP contribution in [0.3, 0.4) is 0 Å². The molecule has 0 aliphatic heterocycles. The zero-order chi connectivity index (χ0) is 19.8. The van der Waals surface area contributed by atoms with Crippen molar-refractivity contribution in [3.8, 4) is 28.5 Å². The molecule has 6 heteroatoms. The number of nitriles is 1. The van der Waals surface area contributed by atoms with Crippen LogP contribution in [0.25, 0.3) is 22.4 Å². The molecule has 0 saturated carbocycles. The molecule has 3 rings (SSSR count). The van der Waals surface area contributed by atoms with Crippen molar-refractivity contribution in [2.75, 3.05) is 5.73 Å². The molecule has 0 fully saturated rings. The zero-order valence-corrected chi connectivity index (χ0v) is 14.7. The maximum atomic E-state index is 13.5. The van der Waals surface area contributed by atoms with Gasteiger partial charge in [0.2, 0.25) is 0 Å². The lowest BCUT2D eigenvalue weighted by molar-refractivity contribution is -0.137. The Morgan fingerprint density at radius 3 is 2.30 bits per heavy atom. The van der Waals surface area contributed by atoms with Crippen molar-refractivity contribution < 1.29 is 13.2 Å². The summed E-state index contributed by atoms with van der Waals surface area (Å²) < 4.78 is 40.4. The Labute approximate surface area is 154 Å². The Hall–Kier alpha value is -3.33. The van der Waals surface area contributed by atoms with E-state index in [1.54, 1.807) is 0 Å². The van der Waals surface area contributed by atoms with E-state index in [9.17, 15) is 18.4 Å². The number of hydrogen-bond donors (Lipinski definition) is 1. The molecular weight excluding hydrogens is 351 g/mol. The lowest BCUT2D eigenvalue weighted by atomic mass is 9.93. The summed E-state index contributed by atoms with van der Waals surface area (Å²) in [6.07, 6.45) is -4.55. The SMILES string of the molecule is Cc1ccc(-c2cc(-c3ccccc3C(F)(F)F)c(C#N)c(N)n2)c(C)c1. The predicted octanol–water partition coefficient (Wildman–Crippen LogP) is 5.51. The summed E-state index contributed by atoms with van der Waals surface area (Å²) in [6, 6.07) is 14.2. The van der Waals surface area contributed by atoms with E-state index < -0.39 is 11.7 Å². The van der Waals surface area contributed by atoms with Crippen molar-refractivity contribution in [1.29, 1.82) is 5.26 Å². The van der Waals surface area contributed by atoms with Crippen molar-refractivity contribution in [1.82, 2.24) is 4.98 Å². The lowest BCUT2D eigenvalue weighted by Gasteiger charge is -2.16. The van der Waals surface area contributed by atoms with Crippen LogP contribution < -0.4 is 5.73 Å². The molecule has 27 heavy (non-hydrogen) atoms. The van der Waals surface area contributed by atoms with Crippen LogP contribution in [-0.4, -0.2) is 4.98 Å². The summed E-state index contributed by atoms with van der Waals surface area (Å²) in [5, 5.41) is 9.46. The van der Waals surface area contributed by atoms with Crippen molar-refractivity contribution >= 4 is 5.82 Å². The van der Waals surface area contributed by atoms with Gasteiger partial charge in [-0.05, 0) is 37.1 Å². The first-order valence-electron chi connectivity index (χ1n) is 8.17. The molecule has 0 unspecified atom stereocenters. The molecule has 0 saturated heterocycles. The third kappa shape index (κ3) is 3.49. The first-order valence-corrected chi connectivity index (χ1v) is 8.17. The number of aryl methyl sites for hydroxylation is 2. The second kappa shape index (κ2) is 6.76. The molecule has 0 aliphatic rings. The van der Waals surface area contributed by atoms with E-state index in [1.807, 2.05) is 38.1 Å². The summed E-state index contributed by atoms with van der Waals surface area (Å²) in [7, 11) is 0. The topological polar surface area (TPSA) is 62.7 Å². The van der Waals surface area contributed by atoms with E-state index >= 15 is 0 Å². The maximum Gasteiger partial charge on any atom is 0.417 e. The quantitative estimate of drug-likeness (QED) is 0.650. The predicted molar refractivity (Wildman–Crippen MR) is 98.7 cm³/mol. The molecule has 3 nitrogen and oxygen atoms in total. The summed E-state index contributed by atoms with van der Waals surface area (Å²) >= 11 is 0. The number of nitrogen functional groups attached to an aromatic ring is 1. The zero-order valence-electron chi connectivity index (χ0n) is 14.7. The van der Waals surface area contributed by atoms with Crippen molar-refractivity contribution in [3.05, 3.63) is 70.8 Å². The Bertz CT molecular complexity index is 1060. The van der Waals surface area contributed by atoms with Gasteiger partial charge in [0.25, 0.3) is 0 Å². The van der Waals surface area contributed by atoms with Crippen LogP contribution in [0.15, 0.2) is 48.5 Å². The van der Waals surface area contributed by atoms with Gasteiger partial charge in [0.1, 0.15) is 17.5 Å². The highest BCUT2D eigenvalue weighted by Crippen LogP contribution is 2.40. The van der Waals surface area contributed by atoms with Crippen LogP contribution >= 0.6 is 0 Å². The molecule has 2 N–H and O–H groups in total. The maximum absolute atomic E-state index is 13.5. The molecule has 136 valence electrons. The Balaban J connectivity index is 2.32. The molecule has 0 aliphatic carbocycles. The van der Waals surface area contributed by atoms with E-state index in [2.05, 4.69) is 4.98 Å². The number of hydrogen-bond acceptors (Lipinski definition) is 3. The third-order valence-corrected chi connectivity index (χ3v) is 4.34. The summed E-state index contributed by atoms with van der Waals surface area (Å²) in [6.45, 7) is 3.84. The first-order chi connectivity index (χ1) is 12.7.